The first-order valence-corrected chi connectivity index (χ1v) is 14.9. The number of fused-ring (bicyclic) bond motifs is 9. The number of para-hydroxylation sites is 1. The molecular weight excluding hydrogens is 514 g/mol. The summed E-state index contributed by atoms with van der Waals surface area (Å²) in [6.45, 7) is 0. The molecule has 42 heavy (non-hydrogen) atoms. The summed E-state index contributed by atoms with van der Waals surface area (Å²) in [5, 5.41) is 2.24. The molecule has 3 aromatic carbocycles. The number of hydrogen-bond donors (Lipinski definition) is 0. The molecule has 4 aliphatic rings. The third-order valence-corrected chi connectivity index (χ3v) is 9.31. The van der Waals surface area contributed by atoms with Crippen LogP contribution in [0.3, 0.4) is 0 Å². The lowest BCUT2D eigenvalue weighted by atomic mass is 9.80. The average Bonchev–Trinajstić information content (AvgIpc) is 3.62. The lowest BCUT2D eigenvalue weighted by Crippen LogP contribution is -2.33. The Bertz CT molecular complexity index is 2040. The van der Waals surface area contributed by atoms with Crippen molar-refractivity contribution in [2.45, 2.75) is 31.2 Å². The van der Waals surface area contributed by atoms with E-state index in [0.717, 1.165) is 46.8 Å². The van der Waals surface area contributed by atoms with Gasteiger partial charge in [0.15, 0.2) is 5.82 Å². The van der Waals surface area contributed by atoms with Gasteiger partial charge >= 0.3 is 0 Å². The summed E-state index contributed by atoms with van der Waals surface area (Å²) in [6, 6.07) is 21.7. The molecule has 0 amide bonds. The molecule has 4 heteroatoms. The van der Waals surface area contributed by atoms with Crippen molar-refractivity contribution in [3.8, 4) is 11.4 Å². The summed E-state index contributed by atoms with van der Waals surface area (Å²) in [4.78, 5) is 11.6. The number of aromatic nitrogens is 2. The van der Waals surface area contributed by atoms with E-state index in [1.165, 1.54) is 33.6 Å². The largest absolute Gasteiger partial charge is 0.455 e. The Labute approximate surface area is 244 Å². The van der Waals surface area contributed by atoms with Gasteiger partial charge in [0, 0.05) is 51.9 Å². The minimum atomic E-state index is 0.165. The summed E-state index contributed by atoms with van der Waals surface area (Å²) in [7, 11) is 0. The molecule has 4 nitrogen and oxygen atoms in total. The van der Waals surface area contributed by atoms with Crippen LogP contribution in [0.15, 0.2) is 131 Å². The van der Waals surface area contributed by atoms with Crippen LogP contribution < -0.4 is 4.90 Å². The molecule has 9 rings (SSSR count). The van der Waals surface area contributed by atoms with E-state index in [1.54, 1.807) is 12.4 Å². The highest BCUT2D eigenvalue weighted by Crippen LogP contribution is 2.54. The number of anilines is 1. The van der Waals surface area contributed by atoms with E-state index in [2.05, 4.69) is 118 Å². The maximum atomic E-state index is 6.89. The van der Waals surface area contributed by atoms with Crippen LogP contribution in [-0.4, -0.2) is 16.0 Å². The van der Waals surface area contributed by atoms with Crippen LogP contribution in [0.4, 0.5) is 5.69 Å². The van der Waals surface area contributed by atoms with Crippen molar-refractivity contribution in [1.82, 2.24) is 9.97 Å². The van der Waals surface area contributed by atoms with Gasteiger partial charge in [0.2, 0.25) is 0 Å². The Kier molecular flexibility index (Phi) is 5.24. The van der Waals surface area contributed by atoms with Crippen molar-refractivity contribution < 1.29 is 4.42 Å². The van der Waals surface area contributed by atoms with Crippen LogP contribution in [0.1, 0.15) is 41.9 Å². The Hall–Kier alpha value is -4.96. The molecule has 0 saturated heterocycles. The van der Waals surface area contributed by atoms with Gasteiger partial charge in [-0.1, -0.05) is 78.9 Å². The van der Waals surface area contributed by atoms with Gasteiger partial charge < -0.3 is 9.32 Å². The van der Waals surface area contributed by atoms with Gasteiger partial charge in [0.05, 0.1) is 11.6 Å². The molecule has 1 aliphatic heterocycles. The fourth-order valence-corrected chi connectivity index (χ4v) is 7.42. The monoisotopic (exact) mass is 543 g/mol. The minimum Gasteiger partial charge on any atom is -0.455 e. The molecule has 3 atom stereocenters. The van der Waals surface area contributed by atoms with Crippen molar-refractivity contribution in [3.05, 3.63) is 144 Å². The maximum Gasteiger partial charge on any atom is 0.162 e. The summed E-state index contributed by atoms with van der Waals surface area (Å²) in [6.07, 6.45) is 25.8. The zero-order valence-electron chi connectivity index (χ0n) is 23.2. The fraction of sp³-hybridized carbons (Fsp3) is 0.158. The Morgan fingerprint density at radius 2 is 1.67 bits per heavy atom. The Morgan fingerprint density at radius 1 is 0.762 bits per heavy atom. The van der Waals surface area contributed by atoms with Gasteiger partial charge in [-0.2, -0.15) is 0 Å². The van der Waals surface area contributed by atoms with E-state index in [0.29, 0.717) is 11.7 Å². The highest BCUT2D eigenvalue weighted by atomic mass is 16.3. The van der Waals surface area contributed by atoms with Crippen LogP contribution in [0.5, 0.6) is 0 Å². The van der Waals surface area contributed by atoms with Crippen molar-refractivity contribution in [2.75, 3.05) is 4.90 Å². The summed E-state index contributed by atoms with van der Waals surface area (Å²) in [5.74, 6) is 1.29. The van der Waals surface area contributed by atoms with E-state index in [-0.39, 0.29) is 12.0 Å². The number of benzene rings is 3. The molecule has 3 aliphatic carbocycles. The van der Waals surface area contributed by atoms with E-state index < -0.39 is 0 Å². The van der Waals surface area contributed by atoms with Crippen LogP contribution in [0.25, 0.3) is 39.4 Å². The topological polar surface area (TPSA) is 42.2 Å². The van der Waals surface area contributed by atoms with Crippen LogP contribution in [-0.2, 0) is 0 Å². The van der Waals surface area contributed by atoms with Gasteiger partial charge in [-0.05, 0) is 66.3 Å². The second-order valence-electron chi connectivity index (χ2n) is 11.6. The molecule has 3 unspecified atom stereocenters. The average molecular weight is 544 g/mol. The van der Waals surface area contributed by atoms with Crippen molar-refractivity contribution in [2.24, 2.45) is 5.92 Å². The summed E-state index contributed by atoms with van der Waals surface area (Å²) >= 11 is 0. The number of allylic oxidation sites excluding steroid dienone is 7. The lowest BCUT2D eigenvalue weighted by molar-refractivity contribution is 0.651. The molecule has 2 aromatic heterocycles. The fourth-order valence-electron chi connectivity index (χ4n) is 7.42. The first-order valence-electron chi connectivity index (χ1n) is 14.9. The number of rotatable bonds is 3. The van der Waals surface area contributed by atoms with Gasteiger partial charge in [-0.15, -0.1) is 0 Å². The van der Waals surface area contributed by atoms with Gasteiger partial charge in [-0.3, -0.25) is 0 Å². The lowest BCUT2D eigenvalue weighted by Gasteiger charge is -2.33. The second kappa shape index (κ2) is 9.28. The Balaban J connectivity index is 1.23. The maximum absolute atomic E-state index is 6.89. The molecule has 0 N–H and O–H groups in total. The second-order valence-corrected chi connectivity index (χ2v) is 11.6. The van der Waals surface area contributed by atoms with E-state index >= 15 is 0 Å². The number of hydrogen-bond acceptors (Lipinski definition) is 4. The molecule has 0 fully saturated rings. The molecular formula is C38H29N3O. The molecule has 0 bridgehead atoms. The van der Waals surface area contributed by atoms with Crippen molar-refractivity contribution in [3.63, 3.8) is 0 Å². The highest BCUT2D eigenvalue weighted by molar-refractivity contribution is 6.11. The van der Waals surface area contributed by atoms with Gasteiger partial charge in [-0.25, -0.2) is 9.97 Å². The first-order chi connectivity index (χ1) is 20.8. The van der Waals surface area contributed by atoms with Crippen molar-refractivity contribution >= 4 is 33.7 Å². The van der Waals surface area contributed by atoms with E-state index in [4.69, 9.17) is 4.42 Å². The SMILES string of the molecule is C1=CC(C2C=CC(N3c4ccc5c(oc6c(-c7ncccn7)cccc65)c4C4c5ccccc5C=CC43)=CC2)=CCC1. The predicted molar refractivity (Wildman–Crippen MR) is 170 cm³/mol. The molecule has 3 heterocycles. The zero-order valence-corrected chi connectivity index (χ0v) is 23.2. The molecule has 5 aromatic rings. The third kappa shape index (κ3) is 3.48. The predicted octanol–water partition coefficient (Wildman–Crippen LogP) is 9.13. The third-order valence-electron chi connectivity index (χ3n) is 9.31. The molecule has 202 valence electrons. The smallest absolute Gasteiger partial charge is 0.162 e. The normalized spacial score (nSPS) is 22.2. The van der Waals surface area contributed by atoms with Gasteiger partial charge in [0.1, 0.15) is 11.2 Å². The molecule has 0 spiro atoms. The number of nitrogens with zero attached hydrogens (tertiary/aromatic N) is 3. The van der Waals surface area contributed by atoms with Crippen LogP contribution in [0.2, 0.25) is 0 Å². The Morgan fingerprint density at radius 3 is 2.52 bits per heavy atom. The van der Waals surface area contributed by atoms with Gasteiger partial charge in [0.25, 0.3) is 0 Å². The quantitative estimate of drug-likeness (QED) is 0.228. The molecule has 0 radical (unpaired) electrons. The van der Waals surface area contributed by atoms with Crippen LogP contribution in [0, 0.1) is 5.92 Å². The van der Waals surface area contributed by atoms with Crippen molar-refractivity contribution in [1.29, 1.82) is 0 Å². The first kappa shape index (κ1) is 23.7. The molecule has 0 saturated carbocycles. The highest BCUT2D eigenvalue weighted by Gasteiger charge is 2.44. The van der Waals surface area contributed by atoms with Crippen LogP contribution >= 0.6 is 0 Å². The van der Waals surface area contributed by atoms with E-state index in [9.17, 15) is 0 Å². The number of furan rings is 1. The summed E-state index contributed by atoms with van der Waals surface area (Å²) < 4.78 is 6.89. The standard InChI is InChI=1S/C38H29N3O/c1-2-8-24(9-3-1)25-14-17-27(18-15-25)41-32-20-16-26-10-4-5-11-28(26)34(32)35-33(41)21-19-30-29-12-6-13-31(36(29)42-37(30)35)38-39-22-7-23-40-38/h2,4-14,16-23,25,32,34H,1,3,15H2. The zero-order chi connectivity index (χ0) is 27.6. The minimum absolute atomic E-state index is 0.165. The van der Waals surface area contributed by atoms with E-state index in [1.807, 2.05) is 6.07 Å². The summed E-state index contributed by atoms with van der Waals surface area (Å²) in [5.41, 5.74) is 10.6.